The van der Waals surface area contributed by atoms with Crippen molar-refractivity contribution in [1.82, 2.24) is 4.72 Å². The van der Waals surface area contributed by atoms with Gasteiger partial charge in [0.15, 0.2) is 0 Å². The van der Waals surface area contributed by atoms with Crippen LogP contribution in [-0.4, -0.2) is 25.9 Å². The molecule has 0 spiro atoms. The predicted molar refractivity (Wildman–Crippen MR) is 75.7 cm³/mol. The van der Waals surface area contributed by atoms with E-state index in [1.54, 1.807) is 6.08 Å². The molecule has 18 heavy (non-hydrogen) atoms. The van der Waals surface area contributed by atoms with Crippen molar-refractivity contribution in [3.05, 3.63) is 12.7 Å². The van der Waals surface area contributed by atoms with E-state index in [0.29, 0.717) is 19.3 Å². The van der Waals surface area contributed by atoms with Crippen molar-refractivity contribution in [3.8, 4) is 0 Å². The van der Waals surface area contributed by atoms with Gasteiger partial charge in [0, 0.05) is 11.4 Å². The van der Waals surface area contributed by atoms with Crippen LogP contribution < -0.4 is 4.72 Å². The maximum absolute atomic E-state index is 12.2. The topological polar surface area (TPSA) is 72.4 Å². The second-order valence-electron chi connectivity index (χ2n) is 5.51. The number of nitrogens with one attached hydrogen (secondary N) is 1. The van der Waals surface area contributed by atoms with Crippen LogP contribution in [-0.2, 0) is 16.2 Å². The third kappa shape index (κ3) is 5.89. The van der Waals surface area contributed by atoms with Gasteiger partial charge in [0.05, 0.1) is 12.0 Å². The van der Waals surface area contributed by atoms with Crippen molar-refractivity contribution in [2.75, 3.05) is 0 Å². The molecule has 0 rings (SSSR count). The molecule has 106 valence electrons. The second kappa shape index (κ2) is 7.16. The molecule has 0 aliphatic rings. The molecule has 0 aromatic rings. The summed E-state index contributed by atoms with van der Waals surface area (Å²) in [4.78, 5) is 11.0. The highest BCUT2D eigenvalue weighted by atomic mass is 32.2. The first-order valence-corrected chi connectivity index (χ1v) is 7.34. The van der Waals surface area contributed by atoms with E-state index in [1.165, 1.54) is 0 Å². The van der Waals surface area contributed by atoms with Gasteiger partial charge in [-0.25, -0.2) is 0 Å². The van der Waals surface area contributed by atoms with Crippen molar-refractivity contribution in [1.29, 1.82) is 0 Å². The van der Waals surface area contributed by atoms with Gasteiger partial charge in [0.1, 0.15) is 4.75 Å². The molecular weight excluding hydrogens is 250 g/mol. The summed E-state index contributed by atoms with van der Waals surface area (Å²) in [6, 6.07) is 0. The summed E-state index contributed by atoms with van der Waals surface area (Å²) >= 11 is -1.27. The van der Waals surface area contributed by atoms with Crippen molar-refractivity contribution in [2.45, 2.75) is 63.7 Å². The highest BCUT2D eigenvalue weighted by Crippen LogP contribution is 2.26. The highest BCUT2D eigenvalue weighted by Gasteiger charge is 2.39. The molecule has 0 heterocycles. The quantitative estimate of drug-likeness (QED) is 0.527. The minimum absolute atomic E-state index is 0.0286. The molecule has 4 nitrogen and oxygen atoms in total. The summed E-state index contributed by atoms with van der Waals surface area (Å²) < 4.78 is 14.8. The average Bonchev–Trinajstić information content (AvgIpc) is 2.23. The van der Waals surface area contributed by atoms with Crippen molar-refractivity contribution >= 4 is 17.3 Å². The van der Waals surface area contributed by atoms with Crippen LogP contribution in [0.5, 0.6) is 0 Å². The fraction of sp³-hybridized carbons (Fsp3) is 0.769. The Balaban J connectivity index is 4.92. The van der Waals surface area contributed by atoms with E-state index >= 15 is 0 Å². The van der Waals surface area contributed by atoms with Gasteiger partial charge < -0.3 is 9.66 Å². The third-order valence-corrected chi connectivity index (χ3v) is 4.59. The lowest BCUT2D eigenvalue weighted by atomic mass is 9.88. The Labute approximate surface area is 113 Å². The molecule has 0 amide bonds. The molecule has 0 saturated heterocycles. The van der Waals surface area contributed by atoms with Crippen molar-refractivity contribution in [2.24, 2.45) is 0 Å². The van der Waals surface area contributed by atoms with E-state index in [2.05, 4.69) is 11.3 Å². The Kier molecular flexibility index (Phi) is 6.96. The molecule has 0 aliphatic carbocycles. The van der Waals surface area contributed by atoms with E-state index in [0.717, 1.165) is 0 Å². The van der Waals surface area contributed by atoms with E-state index in [1.807, 2.05) is 27.7 Å². The van der Waals surface area contributed by atoms with Crippen LogP contribution in [0.3, 0.4) is 0 Å². The Bertz CT molecular complexity index is 288. The van der Waals surface area contributed by atoms with Crippen molar-refractivity contribution in [3.63, 3.8) is 0 Å². The smallest absolute Gasteiger partial charge is 0.305 e. The lowest BCUT2D eigenvalue weighted by Gasteiger charge is -2.36. The van der Waals surface area contributed by atoms with Crippen LogP contribution in [0, 0.1) is 0 Å². The molecule has 0 radical (unpaired) electrons. The van der Waals surface area contributed by atoms with Crippen LogP contribution in [0.2, 0.25) is 0 Å². The lowest BCUT2D eigenvalue weighted by molar-refractivity contribution is -0.138. The Morgan fingerprint density at radius 3 is 2.39 bits per heavy atom. The van der Waals surface area contributed by atoms with Gasteiger partial charge in [0.2, 0.25) is 0 Å². The zero-order valence-electron chi connectivity index (χ0n) is 11.8. The average molecular weight is 275 g/mol. The van der Waals surface area contributed by atoms with Crippen LogP contribution in [0.4, 0.5) is 0 Å². The number of aliphatic carboxylic acids is 1. The van der Waals surface area contributed by atoms with E-state index in [4.69, 9.17) is 5.11 Å². The van der Waals surface area contributed by atoms with Crippen LogP contribution >= 0.6 is 0 Å². The first kappa shape index (κ1) is 17.5. The molecule has 0 aliphatic heterocycles. The second-order valence-corrected chi connectivity index (χ2v) is 7.48. The number of allylic oxidation sites excluding steroid dienone is 1. The molecule has 0 bridgehead atoms. The monoisotopic (exact) mass is 275 g/mol. The first-order valence-electron chi connectivity index (χ1n) is 6.19. The molecule has 0 aromatic heterocycles. The minimum Gasteiger partial charge on any atom is -0.598 e. The normalized spacial score (nSPS) is 16.9. The molecule has 0 aromatic carbocycles. The third-order valence-electron chi connectivity index (χ3n) is 2.86. The first-order chi connectivity index (χ1) is 8.17. The number of rotatable bonds is 8. The van der Waals surface area contributed by atoms with Gasteiger partial charge in [-0.15, -0.1) is 11.3 Å². The number of carbonyl (C=O) groups is 1. The maximum Gasteiger partial charge on any atom is 0.305 e. The molecule has 0 unspecified atom stereocenters. The largest absolute Gasteiger partial charge is 0.598 e. The van der Waals surface area contributed by atoms with Crippen LogP contribution in [0.15, 0.2) is 12.7 Å². The van der Waals surface area contributed by atoms with Gasteiger partial charge in [-0.05, 0) is 40.0 Å². The number of carboxylic acid groups (broad SMARTS) is 1. The number of hydrogen-bond acceptors (Lipinski definition) is 3. The highest BCUT2D eigenvalue weighted by molar-refractivity contribution is 7.90. The Morgan fingerprint density at radius 1 is 1.50 bits per heavy atom. The summed E-state index contributed by atoms with van der Waals surface area (Å²) in [5, 5.41) is 9.03. The van der Waals surface area contributed by atoms with Crippen molar-refractivity contribution < 1.29 is 14.5 Å². The van der Waals surface area contributed by atoms with E-state index in [9.17, 15) is 9.35 Å². The molecular formula is C13H25NO3S. The van der Waals surface area contributed by atoms with Gasteiger partial charge in [-0.2, -0.15) is 0 Å². The van der Waals surface area contributed by atoms with Gasteiger partial charge in [-0.1, -0.05) is 13.0 Å². The summed E-state index contributed by atoms with van der Waals surface area (Å²) in [6.07, 6.45) is 3.68. The SMILES string of the molecule is C=CCC[C@@](CC)(CC(=O)O)N[S@+]([O-])C(C)(C)C. The Hall–Kier alpha value is -0.520. The molecule has 2 atom stereocenters. The van der Waals surface area contributed by atoms with Gasteiger partial charge >= 0.3 is 5.97 Å². The Morgan fingerprint density at radius 2 is 2.06 bits per heavy atom. The summed E-state index contributed by atoms with van der Waals surface area (Å²) in [6.45, 7) is 11.2. The molecule has 5 heteroatoms. The summed E-state index contributed by atoms with van der Waals surface area (Å²) in [7, 11) is 0. The summed E-state index contributed by atoms with van der Waals surface area (Å²) in [5.74, 6) is -0.876. The van der Waals surface area contributed by atoms with E-state index in [-0.39, 0.29) is 6.42 Å². The number of hydrogen-bond donors (Lipinski definition) is 2. The fourth-order valence-electron chi connectivity index (χ4n) is 1.57. The van der Waals surface area contributed by atoms with Gasteiger partial charge in [0.25, 0.3) is 0 Å². The van der Waals surface area contributed by atoms with E-state index < -0.39 is 27.6 Å². The fourth-order valence-corrected chi connectivity index (χ4v) is 2.59. The maximum atomic E-state index is 12.2. The molecule has 0 fully saturated rings. The standard InChI is InChI=1S/C13H25NO3S/c1-6-8-9-13(7-2,10-11(15)16)14-18(17)12(3,4)5/h6,14H,1,7-10H2,2-5H3,(H,15,16)/t13-,18+/m0/s1. The summed E-state index contributed by atoms with van der Waals surface area (Å²) in [5.41, 5.74) is -0.627. The van der Waals surface area contributed by atoms with Crippen LogP contribution in [0.25, 0.3) is 0 Å². The minimum atomic E-state index is -1.27. The zero-order chi connectivity index (χ0) is 14.4. The molecule has 2 N–H and O–H groups in total. The lowest BCUT2D eigenvalue weighted by Crippen LogP contribution is -2.54. The van der Waals surface area contributed by atoms with Gasteiger partial charge in [-0.3, -0.25) is 4.79 Å². The zero-order valence-corrected chi connectivity index (χ0v) is 12.6. The predicted octanol–water partition coefficient (Wildman–Crippen LogP) is 2.63. The van der Waals surface area contributed by atoms with Crippen LogP contribution in [0.1, 0.15) is 53.4 Å². The molecule has 0 saturated carbocycles. The number of carboxylic acids is 1.